The Labute approximate surface area is 121 Å². The highest BCUT2D eigenvalue weighted by Crippen LogP contribution is 2.56. The number of nitrogen functional groups attached to an aromatic ring is 1. The molecule has 2 heterocycles. The first-order valence-electron chi connectivity index (χ1n) is 7.26. The number of alkyl halides is 3. The lowest BCUT2D eigenvalue weighted by atomic mass is 9.58. The molecule has 2 fully saturated rings. The van der Waals surface area contributed by atoms with E-state index in [4.69, 9.17) is 5.73 Å². The average molecular weight is 300 g/mol. The molecule has 1 aliphatic heterocycles. The molecule has 0 aromatic carbocycles. The average Bonchev–Trinajstić information content (AvgIpc) is 2.35. The Kier molecular flexibility index (Phi) is 3.55. The Morgan fingerprint density at radius 1 is 1.38 bits per heavy atom. The zero-order chi connectivity index (χ0) is 15.1. The van der Waals surface area contributed by atoms with Crippen LogP contribution in [0.5, 0.6) is 0 Å². The van der Waals surface area contributed by atoms with Crippen molar-refractivity contribution >= 4 is 5.82 Å². The lowest BCUT2D eigenvalue weighted by Gasteiger charge is -2.54. The maximum atomic E-state index is 13.2. The lowest BCUT2D eigenvalue weighted by molar-refractivity contribution is -0.238. The van der Waals surface area contributed by atoms with Gasteiger partial charge in [-0.15, -0.1) is 0 Å². The topological polar surface area (TPSA) is 55.0 Å². The first-order chi connectivity index (χ1) is 9.89. The van der Waals surface area contributed by atoms with Crippen LogP contribution in [0.25, 0.3) is 0 Å². The Morgan fingerprint density at radius 3 is 2.71 bits per heavy atom. The third-order valence-electron chi connectivity index (χ3n) is 4.85. The van der Waals surface area contributed by atoms with E-state index in [1.807, 2.05) is 4.90 Å². The van der Waals surface area contributed by atoms with Gasteiger partial charge in [-0.05, 0) is 37.3 Å². The van der Waals surface area contributed by atoms with Crippen molar-refractivity contribution in [3.8, 4) is 0 Å². The summed E-state index contributed by atoms with van der Waals surface area (Å²) in [5.41, 5.74) is 5.03. The maximum Gasteiger partial charge on any atom is 0.392 e. The summed E-state index contributed by atoms with van der Waals surface area (Å²) in [6.07, 6.45) is -0.0859. The van der Waals surface area contributed by atoms with Crippen molar-refractivity contribution in [3.63, 3.8) is 0 Å². The van der Waals surface area contributed by atoms with E-state index < -0.39 is 17.5 Å². The molecule has 1 saturated heterocycles. The Bertz CT molecular complexity index is 513. The molecule has 2 N–H and O–H groups in total. The SMILES string of the molecule is Nc1ccnc(CN2CC[C@H](C(F)(F)F)C3(CCC3)C2)n1. The van der Waals surface area contributed by atoms with Crippen molar-refractivity contribution < 1.29 is 13.2 Å². The van der Waals surface area contributed by atoms with Crippen molar-refractivity contribution in [1.82, 2.24) is 14.9 Å². The minimum absolute atomic E-state index is 0.172. The highest BCUT2D eigenvalue weighted by molar-refractivity contribution is 5.25. The van der Waals surface area contributed by atoms with Crippen LogP contribution in [0.1, 0.15) is 31.5 Å². The molecular formula is C14H19F3N4. The van der Waals surface area contributed by atoms with Crippen molar-refractivity contribution in [2.24, 2.45) is 11.3 Å². The number of piperidine rings is 1. The number of hydrogen-bond donors (Lipinski definition) is 1. The Balaban J connectivity index is 1.71. The lowest BCUT2D eigenvalue weighted by Crippen LogP contribution is -2.56. The van der Waals surface area contributed by atoms with E-state index in [1.54, 1.807) is 12.3 Å². The van der Waals surface area contributed by atoms with Gasteiger partial charge < -0.3 is 5.73 Å². The summed E-state index contributed by atoms with van der Waals surface area (Å²) in [5, 5.41) is 0. The van der Waals surface area contributed by atoms with Crippen LogP contribution in [-0.2, 0) is 6.54 Å². The van der Waals surface area contributed by atoms with Gasteiger partial charge in [0.2, 0.25) is 0 Å². The summed E-state index contributed by atoms with van der Waals surface area (Å²) in [5.74, 6) is -0.185. The Hall–Kier alpha value is -1.37. The fourth-order valence-corrected chi connectivity index (χ4v) is 3.73. The third-order valence-corrected chi connectivity index (χ3v) is 4.85. The molecule has 0 radical (unpaired) electrons. The number of nitrogens with zero attached hydrogens (tertiary/aromatic N) is 3. The highest BCUT2D eigenvalue weighted by Gasteiger charge is 2.57. The molecule has 116 valence electrons. The molecule has 3 rings (SSSR count). The molecule has 2 aliphatic rings. The van der Waals surface area contributed by atoms with Crippen LogP contribution >= 0.6 is 0 Å². The third kappa shape index (κ3) is 2.84. The van der Waals surface area contributed by atoms with Gasteiger partial charge in [0.05, 0.1) is 12.5 Å². The number of anilines is 1. The highest BCUT2D eigenvalue weighted by atomic mass is 19.4. The van der Waals surface area contributed by atoms with E-state index in [-0.39, 0.29) is 6.42 Å². The summed E-state index contributed by atoms with van der Waals surface area (Å²) in [6.45, 7) is 1.39. The molecule has 1 saturated carbocycles. The quantitative estimate of drug-likeness (QED) is 0.912. The molecule has 1 aliphatic carbocycles. The smallest absolute Gasteiger partial charge is 0.384 e. The second-order valence-corrected chi connectivity index (χ2v) is 6.21. The summed E-state index contributed by atoms with van der Waals surface area (Å²) in [7, 11) is 0. The first kappa shape index (κ1) is 14.6. The predicted molar refractivity (Wildman–Crippen MR) is 72.2 cm³/mol. The van der Waals surface area contributed by atoms with E-state index in [9.17, 15) is 13.2 Å². The van der Waals surface area contributed by atoms with Crippen molar-refractivity contribution in [1.29, 1.82) is 0 Å². The normalized spacial score (nSPS) is 25.8. The van der Waals surface area contributed by atoms with Crippen LogP contribution in [-0.4, -0.2) is 34.1 Å². The second kappa shape index (κ2) is 5.12. The van der Waals surface area contributed by atoms with Gasteiger partial charge in [0.1, 0.15) is 11.6 Å². The number of nitrogens with two attached hydrogens (primary N) is 1. The Morgan fingerprint density at radius 2 is 2.14 bits per heavy atom. The van der Waals surface area contributed by atoms with Gasteiger partial charge in [-0.3, -0.25) is 4.90 Å². The van der Waals surface area contributed by atoms with Gasteiger partial charge in [-0.1, -0.05) is 6.42 Å². The molecule has 0 unspecified atom stereocenters. The van der Waals surface area contributed by atoms with Gasteiger partial charge >= 0.3 is 6.18 Å². The van der Waals surface area contributed by atoms with Crippen molar-refractivity contribution in [3.05, 3.63) is 18.1 Å². The van der Waals surface area contributed by atoms with Gasteiger partial charge in [0.15, 0.2) is 0 Å². The molecule has 21 heavy (non-hydrogen) atoms. The van der Waals surface area contributed by atoms with E-state index in [1.165, 1.54) is 0 Å². The van der Waals surface area contributed by atoms with E-state index >= 15 is 0 Å². The number of rotatable bonds is 2. The zero-order valence-electron chi connectivity index (χ0n) is 11.7. The number of aromatic nitrogens is 2. The predicted octanol–water partition coefficient (Wildman–Crippen LogP) is 2.61. The molecule has 4 nitrogen and oxygen atoms in total. The molecule has 1 spiro atoms. The van der Waals surface area contributed by atoms with E-state index in [2.05, 4.69) is 9.97 Å². The summed E-state index contributed by atoms with van der Waals surface area (Å²) in [4.78, 5) is 10.3. The van der Waals surface area contributed by atoms with Crippen LogP contribution in [0.3, 0.4) is 0 Å². The zero-order valence-corrected chi connectivity index (χ0v) is 11.7. The molecule has 0 amide bonds. The number of likely N-dealkylation sites (tertiary alicyclic amines) is 1. The first-order valence-corrected chi connectivity index (χ1v) is 7.26. The van der Waals surface area contributed by atoms with Gasteiger partial charge in [0, 0.05) is 12.7 Å². The fraction of sp³-hybridized carbons (Fsp3) is 0.714. The second-order valence-electron chi connectivity index (χ2n) is 6.21. The van der Waals surface area contributed by atoms with Crippen LogP contribution < -0.4 is 5.73 Å². The molecule has 1 aromatic rings. The maximum absolute atomic E-state index is 13.2. The van der Waals surface area contributed by atoms with Gasteiger partial charge in [-0.25, -0.2) is 9.97 Å². The number of hydrogen-bond acceptors (Lipinski definition) is 4. The van der Waals surface area contributed by atoms with Crippen LogP contribution in [0, 0.1) is 11.3 Å². The molecule has 7 heteroatoms. The van der Waals surface area contributed by atoms with E-state index in [0.717, 1.165) is 6.42 Å². The summed E-state index contributed by atoms with van der Waals surface area (Å²) in [6, 6.07) is 1.60. The monoisotopic (exact) mass is 300 g/mol. The fourth-order valence-electron chi connectivity index (χ4n) is 3.73. The summed E-state index contributed by atoms with van der Waals surface area (Å²) < 4.78 is 39.6. The van der Waals surface area contributed by atoms with Gasteiger partial charge in [0.25, 0.3) is 0 Å². The van der Waals surface area contributed by atoms with Crippen LogP contribution in [0.4, 0.5) is 19.0 Å². The molecule has 1 aromatic heterocycles. The van der Waals surface area contributed by atoms with Crippen LogP contribution in [0.15, 0.2) is 12.3 Å². The van der Waals surface area contributed by atoms with Gasteiger partial charge in [-0.2, -0.15) is 13.2 Å². The number of halogens is 3. The minimum atomic E-state index is -4.08. The molecular weight excluding hydrogens is 281 g/mol. The summed E-state index contributed by atoms with van der Waals surface area (Å²) >= 11 is 0. The van der Waals surface area contributed by atoms with E-state index in [0.29, 0.717) is 44.1 Å². The molecule has 0 bridgehead atoms. The van der Waals surface area contributed by atoms with Crippen LogP contribution in [0.2, 0.25) is 0 Å². The van der Waals surface area contributed by atoms with Crippen molar-refractivity contribution in [2.75, 3.05) is 18.8 Å². The largest absolute Gasteiger partial charge is 0.392 e. The minimum Gasteiger partial charge on any atom is -0.384 e. The van der Waals surface area contributed by atoms with Crippen molar-refractivity contribution in [2.45, 2.75) is 38.4 Å². The molecule has 1 atom stereocenters. The standard InChI is InChI=1S/C14H19F3N4/c15-14(16,17)10-3-7-21(9-13(10)4-1-5-13)8-12-19-6-2-11(18)20-12/h2,6,10H,1,3-5,7-9H2,(H2,18,19,20)/t10-/m0/s1.